The summed E-state index contributed by atoms with van der Waals surface area (Å²) in [6.45, 7) is 1.58. The standard InChI is InChI=1S/C17H19N5O5S/c23-15(20-10-3-4-12-13(6-10)27-9-26-12)16-22-21-14(28-16)8-19-17(24)18-7-11-2-1-5-25-11/h3-4,6,11H,1-2,5,7-9H2,(H,20,23)(H2,18,19,24). The highest BCUT2D eigenvalue weighted by Crippen LogP contribution is 2.34. The third-order valence-corrected chi connectivity index (χ3v) is 5.13. The lowest BCUT2D eigenvalue weighted by molar-refractivity contribution is 0.102. The summed E-state index contributed by atoms with van der Waals surface area (Å²) in [6.07, 6.45) is 2.06. The van der Waals surface area contributed by atoms with Crippen LogP contribution in [0, 0.1) is 0 Å². The van der Waals surface area contributed by atoms with Crippen LogP contribution in [0.25, 0.3) is 0 Å². The summed E-state index contributed by atoms with van der Waals surface area (Å²) in [5, 5.41) is 16.7. The zero-order chi connectivity index (χ0) is 19.3. The molecule has 1 unspecified atom stereocenters. The number of rotatable bonds is 6. The van der Waals surface area contributed by atoms with E-state index in [9.17, 15) is 9.59 Å². The van der Waals surface area contributed by atoms with Crippen LogP contribution in [0.5, 0.6) is 11.5 Å². The predicted molar refractivity (Wildman–Crippen MR) is 99.6 cm³/mol. The van der Waals surface area contributed by atoms with Crippen LogP contribution in [0.2, 0.25) is 0 Å². The minimum Gasteiger partial charge on any atom is -0.454 e. The van der Waals surface area contributed by atoms with Gasteiger partial charge >= 0.3 is 6.03 Å². The van der Waals surface area contributed by atoms with Crippen molar-refractivity contribution in [3.63, 3.8) is 0 Å². The van der Waals surface area contributed by atoms with Gasteiger partial charge in [0.25, 0.3) is 5.91 Å². The predicted octanol–water partition coefficient (Wildman–Crippen LogP) is 1.50. The van der Waals surface area contributed by atoms with E-state index in [0.29, 0.717) is 28.7 Å². The maximum absolute atomic E-state index is 12.3. The smallest absolute Gasteiger partial charge is 0.315 e. The van der Waals surface area contributed by atoms with Gasteiger partial charge in [-0.05, 0) is 25.0 Å². The second kappa shape index (κ2) is 8.40. The van der Waals surface area contributed by atoms with E-state index in [1.807, 2.05) is 0 Å². The van der Waals surface area contributed by atoms with Crippen molar-refractivity contribution in [3.05, 3.63) is 28.2 Å². The zero-order valence-electron chi connectivity index (χ0n) is 14.9. The molecular formula is C17H19N5O5S. The molecule has 3 heterocycles. The number of hydrogen-bond donors (Lipinski definition) is 3. The number of carbonyl (C=O) groups excluding carboxylic acids is 2. The van der Waals surface area contributed by atoms with E-state index >= 15 is 0 Å². The Labute approximate surface area is 164 Å². The van der Waals surface area contributed by atoms with Gasteiger partial charge in [-0.3, -0.25) is 4.79 Å². The fourth-order valence-electron chi connectivity index (χ4n) is 2.81. The van der Waals surface area contributed by atoms with Gasteiger partial charge in [-0.15, -0.1) is 10.2 Å². The molecule has 11 heteroatoms. The van der Waals surface area contributed by atoms with Crippen molar-refractivity contribution in [1.29, 1.82) is 0 Å². The van der Waals surface area contributed by atoms with E-state index in [4.69, 9.17) is 14.2 Å². The summed E-state index contributed by atoms with van der Waals surface area (Å²) in [7, 11) is 0. The summed E-state index contributed by atoms with van der Waals surface area (Å²) >= 11 is 1.11. The van der Waals surface area contributed by atoms with Crippen molar-refractivity contribution in [2.24, 2.45) is 0 Å². The third-order valence-electron chi connectivity index (χ3n) is 4.21. The van der Waals surface area contributed by atoms with Gasteiger partial charge in [0, 0.05) is 24.9 Å². The molecule has 1 fully saturated rings. The molecule has 3 amide bonds. The second-order valence-corrected chi connectivity index (χ2v) is 7.28. The molecule has 1 aromatic carbocycles. The van der Waals surface area contributed by atoms with Crippen LogP contribution >= 0.6 is 11.3 Å². The van der Waals surface area contributed by atoms with E-state index in [2.05, 4.69) is 26.1 Å². The minimum absolute atomic E-state index is 0.0822. The lowest BCUT2D eigenvalue weighted by Crippen LogP contribution is -2.39. The SMILES string of the molecule is O=C(NCc1nnc(C(=O)Nc2ccc3c(c2)OCO3)s1)NCC1CCCO1. The quantitative estimate of drug-likeness (QED) is 0.665. The van der Waals surface area contributed by atoms with E-state index < -0.39 is 0 Å². The van der Waals surface area contributed by atoms with Gasteiger partial charge in [0.05, 0.1) is 12.6 Å². The number of amides is 3. The molecule has 3 N–H and O–H groups in total. The molecule has 1 aromatic heterocycles. The largest absolute Gasteiger partial charge is 0.454 e. The fraction of sp³-hybridized carbons (Fsp3) is 0.412. The Morgan fingerprint density at radius 1 is 1.18 bits per heavy atom. The normalized spacial score (nSPS) is 17.4. The van der Waals surface area contributed by atoms with Gasteiger partial charge in [-0.1, -0.05) is 11.3 Å². The molecule has 28 heavy (non-hydrogen) atoms. The molecule has 0 aliphatic carbocycles. The number of nitrogens with zero attached hydrogens (tertiary/aromatic N) is 2. The van der Waals surface area contributed by atoms with Gasteiger partial charge < -0.3 is 30.2 Å². The first kappa shape index (κ1) is 18.4. The molecule has 4 rings (SSSR count). The first-order valence-electron chi connectivity index (χ1n) is 8.84. The first-order valence-corrected chi connectivity index (χ1v) is 9.66. The molecular weight excluding hydrogens is 386 g/mol. The van der Waals surface area contributed by atoms with Gasteiger partial charge in [0.2, 0.25) is 11.8 Å². The highest BCUT2D eigenvalue weighted by Gasteiger charge is 2.18. The van der Waals surface area contributed by atoms with Gasteiger partial charge in [0.15, 0.2) is 11.5 Å². The maximum atomic E-state index is 12.3. The second-order valence-electron chi connectivity index (χ2n) is 6.22. The molecule has 0 saturated carbocycles. The topological polar surface area (TPSA) is 124 Å². The molecule has 0 bridgehead atoms. The van der Waals surface area contributed by atoms with Crippen molar-refractivity contribution in [2.75, 3.05) is 25.3 Å². The number of benzene rings is 1. The average molecular weight is 405 g/mol. The van der Waals surface area contributed by atoms with Crippen molar-refractivity contribution in [3.8, 4) is 11.5 Å². The molecule has 2 aliphatic heterocycles. The monoisotopic (exact) mass is 405 g/mol. The Kier molecular flexibility index (Phi) is 5.53. The van der Waals surface area contributed by atoms with E-state index in [1.54, 1.807) is 18.2 Å². The van der Waals surface area contributed by atoms with Crippen LogP contribution in [0.3, 0.4) is 0 Å². The summed E-state index contributed by atoms with van der Waals surface area (Å²) in [4.78, 5) is 24.2. The van der Waals surface area contributed by atoms with Gasteiger partial charge in [-0.25, -0.2) is 4.79 Å². The third kappa shape index (κ3) is 4.49. The molecule has 0 radical (unpaired) electrons. The van der Waals surface area contributed by atoms with Crippen LogP contribution in [0.15, 0.2) is 18.2 Å². The number of fused-ring (bicyclic) bond motifs is 1. The Morgan fingerprint density at radius 2 is 2.07 bits per heavy atom. The highest BCUT2D eigenvalue weighted by molar-refractivity contribution is 7.13. The van der Waals surface area contributed by atoms with Crippen LogP contribution in [0.1, 0.15) is 27.7 Å². The first-order chi connectivity index (χ1) is 13.7. The summed E-state index contributed by atoms with van der Waals surface area (Å²) in [5.41, 5.74) is 0.567. The Bertz CT molecular complexity index is 867. The number of hydrogen-bond acceptors (Lipinski definition) is 8. The van der Waals surface area contributed by atoms with Gasteiger partial charge in [0.1, 0.15) is 5.01 Å². The number of aromatic nitrogens is 2. The average Bonchev–Trinajstić information content (AvgIpc) is 3.46. The molecule has 1 atom stereocenters. The van der Waals surface area contributed by atoms with Crippen LogP contribution < -0.4 is 25.4 Å². The highest BCUT2D eigenvalue weighted by atomic mass is 32.1. The number of urea groups is 1. The maximum Gasteiger partial charge on any atom is 0.315 e. The number of ether oxygens (including phenoxy) is 3. The van der Waals surface area contributed by atoms with Gasteiger partial charge in [-0.2, -0.15) is 0 Å². The minimum atomic E-state index is -0.384. The molecule has 0 spiro atoms. The van der Waals surface area contributed by atoms with Crippen molar-refractivity contribution < 1.29 is 23.8 Å². The van der Waals surface area contributed by atoms with Crippen molar-refractivity contribution in [2.45, 2.75) is 25.5 Å². The molecule has 148 valence electrons. The molecule has 2 aromatic rings. The lowest BCUT2D eigenvalue weighted by Gasteiger charge is -2.10. The van der Waals surface area contributed by atoms with Crippen LogP contribution in [-0.4, -0.2) is 48.2 Å². The van der Waals surface area contributed by atoms with E-state index in [0.717, 1.165) is 30.8 Å². The van der Waals surface area contributed by atoms with E-state index in [1.165, 1.54) is 0 Å². The Balaban J connectivity index is 1.25. The summed E-state index contributed by atoms with van der Waals surface area (Å²) < 4.78 is 16.0. The lowest BCUT2D eigenvalue weighted by atomic mass is 10.2. The van der Waals surface area contributed by atoms with Crippen molar-refractivity contribution >= 4 is 29.0 Å². The Hall–Kier alpha value is -2.92. The molecule has 10 nitrogen and oxygen atoms in total. The number of anilines is 1. The van der Waals surface area contributed by atoms with Crippen LogP contribution in [0.4, 0.5) is 10.5 Å². The van der Waals surface area contributed by atoms with Crippen LogP contribution in [-0.2, 0) is 11.3 Å². The van der Waals surface area contributed by atoms with Crippen molar-refractivity contribution in [1.82, 2.24) is 20.8 Å². The number of carbonyl (C=O) groups is 2. The Morgan fingerprint density at radius 3 is 2.93 bits per heavy atom. The fourth-order valence-corrected chi connectivity index (χ4v) is 3.48. The molecule has 2 aliphatic rings. The summed E-state index contributed by atoms with van der Waals surface area (Å²) in [5.74, 6) is 0.833. The van der Waals surface area contributed by atoms with E-state index in [-0.39, 0.29) is 36.4 Å². The molecule has 1 saturated heterocycles. The number of nitrogens with one attached hydrogen (secondary N) is 3. The zero-order valence-corrected chi connectivity index (χ0v) is 15.7. The summed E-state index contributed by atoms with van der Waals surface area (Å²) in [6, 6.07) is 4.81.